The summed E-state index contributed by atoms with van der Waals surface area (Å²) in [5.41, 5.74) is 1.14. The van der Waals surface area contributed by atoms with Gasteiger partial charge in [-0.15, -0.1) is 0 Å². The predicted octanol–water partition coefficient (Wildman–Crippen LogP) is 3.10. The maximum Gasteiger partial charge on any atom is 0.269 e. The zero-order valence-corrected chi connectivity index (χ0v) is 8.14. The molecule has 0 amide bonds. The van der Waals surface area contributed by atoms with Crippen LogP contribution in [0.2, 0.25) is 0 Å². The van der Waals surface area contributed by atoms with Gasteiger partial charge < -0.3 is 0 Å². The van der Waals surface area contributed by atoms with Crippen molar-refractivity contribution in [1.29, 1.82) is 0 Å². The summed E-state index contributed by atoms with van der Waals surface area (Å²) in [7, 11) is 0. The lowest BCUT2D eigenvalue weighted by Gasteiger charge is -1.96. The van der Waals surface area contributed by atoms with Gasteiger partial charge in [-0.2, -0.15) is 0 Å². The number of hydrogen-bond donors (Lipinski definition) is 0. The van der Waals surface area contributed by atoms with E-state index >= 15 is 0 Å². The molecule has 1 aromatic carbocycles. The van der Waals surface area contributed by atoms with E-state index in [0.717, 1.165) is 18.4 Å². The van der Waals surface area contributed by atoms with Crippen molar-refractivity contribution in [3.8, 4) is 0 Å². The van der Waals surface area contributed by atoms with E-state index in [9.17, 15) is 10.1 Å². The monoisotopic (exact) mass is 191 g/mol. The molecular weight excluding hydrogens is 178 g/mol. The van der Waals surface area contributed by atoms with E-state index in [4.69, 9.17) is 0 Å². The zero-order valence-electron chi connectivity index (χ0n) is 8.14. The third kappa shape index (κ3) is 3.01. The van der Waals surface area contributed by atoms with Crippen LogP contribution < -0.4 is 0 Å². The standard InChI is InChI=1S/C11H13NO2/c1-2-3-4-6-10-7-5-8-11(9-10)12(13)14/h3-5,7-9H,2,6H2,1H3. The number of benzene rings is 1. The molecule has 0 N–H and O–H groups in total. The average molecular weight is 191 g/mol. The van der Waals surface area contributed by atoms with Crippen molar-refractivity contribution in [2.24, 2.45) is 0 Å². The van der Waals surface area contributed by atoms with E-state index in [0.29, 0.717) is 0 Å². The van der Waals surface area contributed by atoms with Crippen LogP contribution in [0.3, 0.4) is 0 Å². The molecular formula is C11H13NO2. The largest absolute Gasteiger partial charge is 0.269 e. The van der Waals surface area contributed by atoms with Gasteiger partial charge in [0.2, 0.25) is 0 Å². The van der Waals surface area contributed by atoms with Gasteiger partial charge in [0.05, 0.1) is 4.92 Å². The number of non-ortho nitro benzene ring substituents is 1. The Balaban J connectivity index is 2.73. The lowest BCUT2D eigenvalue weighted by molar-refractivity contribution is -0.384. The summed E-state index contributed by atoms with van der Waals surface area (Å²) in [6, 6.07) is 6.73. The SMILES string of the molecule is CCC=CCc1cccc([N+](=O)[O-])c1. The van der Waals surface area contributed by atoms with Gasteiger partial charge in [0.1, 0.15) is 0 Å². The lowest BCUT2D eigenvalue weighted by Crippen LogP contribution is -1.89. The molecule has 0 radical (unpaired) electrons. The molecule has 74 valence electrons. The van der Waals surface area contributed by atoms with Crippen molar-refractivity contribution >= 4 is 5.69 Å². The van der Waals surface area contributed by atoms with Gasteiger partial charge in [-0.1, -0.05) is 31.2 Å². The molecule has 3 nitrogen and oxygen atoms in total. The van der Waals surface area contributed by atoms with E-state index < -0.39 is 0 Å². The summed E-state index contributed by atoms with van der Waals surface area (Å²) in [4.78, 5) is 10.1. The molecule has 0 saturated heterocycles. The van der Waals surface area contributed by atoms with Crippen LogP contribution in [-0.2, 0) is 6.42 Å². The van der Waals surface area contributed by atoms with Gasteiger partial charge in [-0.25, -0.2) is 0 Å². The molecule has 0 aromatic heterocycles. The Morgan fingerprint density at radius 1 is 1.43 bits per heavy atom. The van der Waals surface area contributed by atoms with Crippen LogP contribution in [-0.4, -0.2) is 4.92 Å². The molecule has 1 aromatic rings. The van der Waals surface area contributed by atoms with E-state index in [2.05, 4.69) is 13.0 Å². The second-order valence-corrected chi connectivity index (χ2v) is 3.01. The number of nitro groups is 1. The van der Waals surface area contributed by atoms with Gasteiger partial charge in [-0.05, 0) is 18.4 Å². The molecule has 0 saturated carbocycles. The number of nitro benzene ring substituents is 1. The maximum atomic E-state index is 10.5. The van der Waals surface area contributed by atoms with Gasteiger partial charge >= 0.3 is 0 Å². The van der Waals surface area contributed by atoms with Crippen molar-refractivity contribution in [1.82, 2.24) is 0 Å². The Hall–Kier alpha value is -1.64. The van der Waals surface area contributed by atoms with E-state index in [1.54, 1.807) is 12.1 Å². The van der Waals surface area contributed by atoms with Crippen molar-refractivity contribution in [2.45, 2.75) is 19.8 Å². The molecule has 0 unspecified atom stereocenters. The number of nitrogens with zero attached hydrogens (tertiary/aromatic N) is 1. The Morgan fingerprint density at radius 2 is 2.21 bits per heavy atom. The Morgan fingerprint density at radius 3 is 2.86 bits per heavy atom. The number of rotatable bonds is 4. The average Bonchev–Trinajstić information content (AvgIpc) is 2.19. The fourth-order valence-electron chi connectivity index (χ4n) is 1.18. The van der Waals surface area contributed by atoms with Gasteiger partial charge in [0, 0.05) is 12.1 Å². The smallest absolute Gasteiger partial charge is 0.258 e. The Kier molecular flexibility index (Phi) is 3.85. The molecule has 14 heavy (non-hydrogen) atoms. The first-order chi connectivity index (χ1) is 6.74. The van der Waals surface area contributed by atoms with Gasteiger partial charge in [-0.3, -0.25) is 10.1 Å². The third-order valence-corrected chi connectivity index (χ3v) is 1.88. The van der Waals surface area contributed by atoms with Crippen molar-refractivity contribution < 1.29 is 4.92 Å². The first-order valence-corrected chi connectivity index (χ1v) is 4.62. The third-order valence-electron chi connectivity index (χ3n) is 1.88. The lowest BCUT2D eigenvalue weighted by atomic mass is 10.1. The van der Waals surface area contributed by atoms with E-state index in [1.807, 2.05) is 12.1 Å². The van der Waals surface area contributed by atoms with Crippen LogP contribution in [0.4, 0.5) is 5.69 Å². The quantitative estimate of drug-likeness (QED) is 0.417. The van der Waals surface area contributed by atoms with Crippen LogP contribution in [0.5, 0.6) is 0 Å². The highest BCUT2D eigenvalue weighted by molar-refractivity contribution is 5.35. The minimum atomic E-state index is -0.368. The second-order valence-electron chi connectivity index (χ2n) is 3.01. The second kappa shape index (κ2) is 5.17. The summed E-state index contributed by atoms with van der Waals surface area (Å²) in [5.74, 6) is 0. The normalized spacial score (nSPS) is 10.6. The first kappa shape index (κ1) is 10.4. The fourth-order valence-corrected chi connectivity index (χ4v) is 1.18. The summed E-state index contributed by atoms with van der Waals surface area (Å²) in [6.07, 6.45) is 5.84. The van der Waals surface area contributed by atoms with E-state index in [-0.39, 0.29) is 10.6 Å². The van der Waals surface area contributed by atoms with Crippen molar-refractivity contribution in [2.75, 3.05) is 0 Å². The Bertz CT molecular complexity index is 345. The summed E-state index contributed by atoms with van der Waals surface area (Å²) >= 11 is 0. The molecule has 0 aliphatic rings. The molecule has 0 fully saturated rings. The predicted molar refractivity (Wildman–Crippen MR) is 56.2 cm³/mol. The maximum absolute atomic E-state index is 10.5. The Labute approximate surface area is 83.2 Å². The van der Waals surface area contributed by atoms with Crippen molar-refractivity contribution in [3.05, 3.63) is 52.1 Å². The van der Waals surface area contributed by atoms with Gasteiger partial charge in [0.15, 0.2) is 0 Å². The van der Waals surface area contributed by atoms with Crippen LogP contribution >= 0.6 is 0 Å². The highest BCUT2D eigenvalue weighted by Gasteiger charge is 2.03. The molecule has 3 heteroatoms. The topological polar surface area (TPSA) is 43.1 Å². The first-order valence-electron chi connectivity index (χ1n) is 4.62. The fraction of sp³-hybridized carbons (Fsp3) is 0.273. The summed E-state index contributed by atoms with van der Waals surface area (Å²) in [5, 5.41) is 10.5. The minimum absolute atomic E-state index is 0.160. The molecule has 0 atom stereocenters. The number of hydrogen-bond acceptors (Lipinski definition) is 2. The molecule has 0 bridgehead atoms. The summed E-state index contributed by atoms with van der Waals surface area (Å²) in [6.45, 7) is 2.06. The highest BCUT2D eigenvalue weighted by atomic mass is 16.6. The summed E-state index contributed by atoms with van der Waals surface area (Å²) < 4.78 is 0. The van der Waals surface area contributed by atoms with Crippen molar-refractivity contribution in [3.63, 3.8) is 0 Å². The molecule has 0 aliphatic heterocycles. The number of allylic oxidation sites excluding steroid dienone is 2. The van der Waals surface area contributed by atoms with Crippen LogP contribution in [0.15, 0.2) is 36.4 Å². The molecule has 0 spiro atoms. The molecule has 1 rings (SSSR count). The highest BCUT2D eigenvalue weighted by Crippen LogP contribution is 2.13. The van der Waals surface area contributed by atoms with Gasteiger partial charge in [0.25, 0.3) is 5.69 Å². The van der Waals surface area contributed by atoms with Crippen LogP contribution in [0.25, 0.3) is 0 Å². The molecule has 0 aliphatic carbocycles. The van der Waals surface area contributed by atoms with Crippen LogP contribution in [0, 0.1) is 10.1 Å². The van der Waals surface area contributed by atoms with E-state index in [1.165, 1.54) is 6.07 Å². The zero-order chi connectivity index (χ0) is 10.4. The molecule has 0 heterocycles. The minimum Gasteiger partial charge on any atom is -0.258 e. The van der Waals surface area contributed by atoms with Crippen LogP contribution in [0.1, 0.15) is 18.9 Å².